The molecule has 0 aliphatic heterocycles. The molecule has 8 nitrogen and oxygen atoms in total. The van der Waals surface area contributed by atoms with Gasteiger partial charge >= 0.3 is 0 Å². The Balaban J connectivity index is 1.45. The summed E-state index contributed by atoms with van der Waals surface area (Å²) in [5.41, 5.74) is 0.815. The van der Waals surface area contributed by atoms with Gasteiger partial charge < -0.3 is 15.4 Å². The molecule has 10 heteroatoms. The minimum absolute atomic E-state index is 0.0411. The van der Waals surface area contributed by atoms with Crippen molar-refractivity contribution in [1.29, 1.82) is 0 Å². The molecule has 0 radical (unpaired) electrons. The number of rotatable bonds is 6. The van der Waals surface area contributed by atoms with E-state index in [9.17, 15) is 14.4 Å². The van der Waals surface area contributed by atoms with Gasteiger partial charge in [0, 0.05) is 28.2 Å². The van der Waals surface area contributed by atoms with Crippen molar-refractivity contribution in [1.82, 2.24) is 9.38 Å². The number of thiazole rings is 1. The fourth-order valence-electron chi connectivity index (χ4n) is 3.62. The standard InChI is InChI=1S/C27H19ClN4O4S/c1-16-14-22(33)32-23(25(34)31-19-7-5-6-17(28)15-19)24(37-27(32)29-16)26(35)30-18-10-12-21(13-11-18)36-20-8-3-2-4-9-20/h2-15H,1H3,(H,30,35)(H,31,34). The second-order valence-corrected chi connectivity index (χ2v) is 9.41. The van der Waals surface area contributed by atoms with Crippen molar-refractivity contribution in [2.24, 2.45) is 0 Å². The van der Waals surface area contributed by atoms with Gasteiger partial charge in [0.2, 0.25) is 0 Å². The highest BCUT2D eigenvalue weighted by molar-refractivity contribution is 7.19. The lowest BCUT2D eigenvalue weighted by atomic mass is 10.2. The highest BCUT2D eigenvalue weighted by atomic mass is 35.5. The molecule has 2 N–H and O–H groups in total. The normalized spacial score (nSPS) is 10.8. The second kappa shape index (κ2) is 10.3. The number of hydrogen-bond donors (Lipinski definition) is 2. The molecular formula is C27H19ClN4O4S. The van der Waals surface area contributed by atoms with Gasteiger partial charge in [0.25, 0.3) is 17.4 Å². The van der Waals surface area contributed by atoms with Gasteiger partial charge in [-0.05, 0) is 61.5 Å². The first-order valence-corrected chi connectivity index (χ1v) is 12.3. The molecule has 0 aliphatic carbocycles. The van der Waals surface area contributed by atoms with E-state index in [0.717, 1.165) is 15.7 Å². The van der Waals surface area contributed by atoms with E-state index >= 15 is 0 Å². The predicted molar refractivity (Wildman–Crippen MR) is 144 cm³/mol. The molecule has 184 valence electrons. The molecule has 2 amide bonds. The maximum atomic E-state index is 13.3. The lowest BCUT2D eigenvalue weighted by molar-refractivity contribution is 0.0989. The predicted octanol–water partition coefficient (Wildman–Crippen LogP) is 6.01. The van der Waals surface area contributed by atoms with Gasteiger partial charge in [-0.15, -0.1) is 0 Å². The van der Waals surface area contributed by atoms with Gasteiger partial charge in [-0.3, -0.25) is 14.4 Å². The molecule has 2 aromatic heterocycles. The number of amides is 2. The van der Waals surface area contributed by atoms with Crippen LogP contribution >= 0.6 is 22.9 Å². The SMILES string of the molecule is Cc1cc(=O)n2c(C(=O)Nc3cccc(Cl)c3)c(C(=O)Nc3ccc(Oc4ccccc4)cc3)sc2n1. The molecule has 0 saturated carbocycles. The fraction of sp³-hybridized carbons (Fsp3) is 0.0370. The highest BCUT2D eigenvalue weighted by Crippen LogP contribution is 2.26. The van der Waals surface area contributed by atoms with Crippen molar-refractivity contribution >= 4 is 51.1 Å². The first-order chi connectivity index (χ1) is 17.9. The van der Waals surface area contributed by atoms with Crippen molar-refractivity contribution in [3.05, 3.63) is 117 Å². The van der Waals surface area contributed by atoms with Gasteiger partial charge in [-0.25, -0.2) is 9.38 Å². The number of nitrogens with one attached hydrogen (secondary N) is 2. The minimum Gasteiger partial charge on any atom is -0.457 e. The van der Waals surface area contributed by atoms with Crippen LogP contribution in [-0.2, 0) is 0 Å². The summed E-state index contributed by atoms with van der Waals surface area (Å²) < 4.78 is 6.93. The molecule has 0 aliphatic rings. The molecule has 0 atom stereocenters. The molecule has 0 spiro atoms. The summed E-state index contributed by atoms with van der Waals surface area (Å²) in [6, 6.07) is 24.0. The van der Waals surface area contributed by atoms with Gasteiger partial charge in [0.1, 0.15) is 22.1 Å². The van der Waals surface area contributed by atoms with E-state index in [1.165, 1.54) is 6.07 Å². The summed E-state index contributed by atoms with van der Waals surface area (Å²) in [7, 11) is 0. The van der Waals surface area contributed by atoms with Gasteiger partial charge in [0.05, 0.1) is 0 Å². The quantitative estimate of drug-likeness (QED) is 0.280. The third-order valence-corrected chi connectivity index (χ3v) is 6.52. The van der Waals surface area contributed by atoms with Crippen LogP contribution in [-0.4, -0.2) is 21.2 Å². The Labute approximate surface area is 220 Å². The van der Waals surface area contributed by atoms with Crippen LogP contribution in [0.1, 0.15) is 25.9 Å². The first kappa shape index (κ1) is 24.2. The fourth-order valence-corrected chi connectivity index (χ4v) is 4.88. The van der Waals surface area contributed by atoms with Crippen LogP contribution in [0.2, 0.25) is 5.02 Å². The Hall–Kier alpha value is -4.47. The van der Waals surface area contributed by atoms with Crippen molar-refractivity contribution in [2.75, 3.05) is 10.6 Å². The zero-order chi connectivity index (χ0) is 25.9. The van der Waals surface area contributed by atoms with Gasteiger partial charge in [-0.2, -0.15) is 0 Å². The molecule has 37 heavy (non-hydrogen) atoms. The number of carbonyl (C=O) groups is 2. The lowest BCUT2D eigenvalue weighted by Gasteiger charge is -2.09. The molecule has 0 saturated heterocycles. The molecule has 0 fully saturated rings. The number of aromatic nitrogens is 2. The summed E-state index contributed by atoms with van der Waals surface area (Å²) in [5, 5.41) is 5.92. The number of benzene rings is 3. The Morgan fingerprint density at radius 3 is 2.30 bits per heavy atom. The van der Waals surface area contributed by atoms with Crippen LogP contribution in [0.15, 0.2) is 89.7 Å². The summed E-state index contributed by atoms with van der Waals surface area (Å²) >= 11 is 6.99. The number of hydrogen-bond acceptors (Lipinski definition) is 6. The molecule has 5 aromatic rings. The average molecular weight is 531 g/mol. The van der Waals surface area contributed by atoms with E-state index in [1.807, 2.05) is 30.3 Å². The van der Waals surface area contributed by atoms with Crippen LogP contribution in [0.3, 0.4) is 0 Å². The third-order valence-electron chi connectivity index (χ3n) is 5.24. The van der Waals surface area contributed by atoms with Crippen molar-refractivity contribution < 1.29 is 14.3 Å². The average Bonchev–Trinajstić information content (AvgIpc) is 3.26. The van der Waals surface area contributed by atoms with Crippen molar-refractivity contribution in [2.45, 2.75) is 6.92 Å². The number of fused-ring (bicyclic) bond motifs is 1. The van der Waals surface area contributed by atoms with E-state index < -0.39 is 17.4 Å². The van der Waals surface area contributed by atoms with Crippen LogP contribution < -0.4 is 20.9 Å². The molecular weight excluding hydrogens is 512 g/mol. The lowest BCUT2D eigenvalue weighted by Crippen LogP contribution is -2.25. The van der Waals surface area contributed by atoms with E-state index in [2.05, 4.69) is 15.6 Å². The van der Waals surface area contributed by atoms with Crippen LogP contribution in [0.5, 0.6) is 11.5 Å². The summed E-state index contributed by atoms with van der Waals surface area (Å²) in [6.45, 7) is 1.67. The van der Waals surface area contributed by atoms with Gasteiger partial charge in [-0.1, -0.05) is 47.2 Å². The third kappa shape index (κ3) is 5.37. The van der Waals surface area contributed by atoms with Crippen LogP contribution in [0.25, 0.3) is 4.96 Å². The Morgan fingerprint density at radius 1 is 0.865 bits per heavy atom. The maximum absolute atomic E-state index is 13.3. The molecule has 0 bridgehead atoms. The number of halogens is 1. The summed E-state index contributed by atoms with van der Waals surface area (Å²) in [6.07, 6.45) is 0. The van der Waals surface area contributed by atoms with Gasteiger partial charge in [0.15, 0.2) is 4.96 Å². The Bertz CT molecular complexity index is 1680. The Morgan fingerprint density at radius 2 is 1.57 bits per heavy atom. The number of aryl methyl sites for hydroxylation is 1. The number of carbonyl (C=O) groups excluding carboxylic acids is 2. The minimum atomic E-state index is -0.641. The molecule has 2 heterocycles. The highest BCUT2D eigenvalue weighted by Gasteiger charge is 2.26. The largest absolute Gasteiger partial charge is 0.457 e. The monoisotopic (exact) mass is 530 g/mol. The number of ether oxygens (including phenoxy) is 1. The number of nitrogens with zero attached hydrogens (tertiary/aromatic N) is 2. The number of anilines is 2. The second-order valence-electron chi connectivity index (χ2n) is 7.99. The zero-order valence-corrected chi connectivity index (χ0v) is 21.0. The zero-order valence-electron chi connectivity index (χ0n) is 19.4. The van der Waals surface area contributed by atoms with E-state index in [1.54, 1.807) is 55.5 Å². The maximum Gasteiger partial charge on any atom is 0.274 e. The molecule has 0 unspecified atom stereocenters. The summed E-state index contributed by atoms with van der Waals surface area (Å²) in [4.78, 5) is 44.0. The van der Waals surface area contributed by atoms with Crippen LogP contribution in [0, 0.1) is 6.92 Å². The van der Waals surface area contributed by atoms with Crippen LogP contribution in [0.4, 0.5) is 11.4 Å². The smallest absolute Gasteiger partial charge is 0.274 e. The van der Waals surface area contributed by atoms with Crippen molar-refractivity contribution in [3.63, 3.8) is 0 Å². The summed E-state index contributed by atoms with van der Waals surface area (Å²) in [5.74, 6) is 0.0885. The first-order valence-electron chi connectivity index (χ1n) is 11.1. The van der Waals surface area contributed by atoms with E-state index in [4.69, 9.17) is 16.3 Å². The number of para-hydroxylation sites is 1. The molecule has 3 aromatic carbocycles. The molecule has 5 rings (SSSR count). The van der Waals surface area contributed by atoms with E-state index in [0.29, 0.717) is 33.6 Å². The van der Waals surface area contributed by atoms with E-state index in [-0.39, 0.29) is 15.5 Å². The van der Waals surface area contributed by atoms with Crippen molar-refractivity contribution in [3.8, 4) is 11.5 Å². The Kier molecular flexibility index (Phi) is 6.72. The topological polar surface area (TPSA) is 102 Å².